The first-order valence-corrected chi connectivity index (χ1v) is 7.66. The van der Waals surface area contributed by atoms with Gasteiger partial charge < -0.3 is 19.5 Å². The largest absolute Gasteiger partial charge is 0.497 e. The molecule has 0 saturated heterocycles. The number of benzene rings is 2. The number of amides is 1. The minimum Gasteiger partial charge on any atom is -0.497 e. The molecule has 6 nitrogen and oxygen atoms in total. The van der Waals surface area contributed by atoms with Gasteiger partial charge in [-0.05, 0) is 23.8 Å². The SMILES string of the molecule is COc1cccc(NC(=O)C(C#N)Cc2ccc(OC)cc2OC)c1. The molecule has 0 radical (unpaired) electrons. The average molecular weight is 340 g/mol. The van der Waals surface area contributed by atoms with E-state index in [0.29, 0.717) is 22.9 Å². The van der Waals surface area contributed by atoms with Gasteiger partial charge in [0.25, 0.3) is 0 Å². The number of anilines is 1. The Morgan fingerprint density at radius 2 is 1.80 bits per heavy atom. The Labute approximate surface area is 146 Å². The van der Waals surface area contributed by atoms with Gasteiger partial charge in [-0.2, -0.15) is 5.26 Å². The van der Waals surface area contributed by atoms with Crippen LogP contribution in [0.25, 0.3) is 0 Å². The van der Waals surface area contributed by atoms with Gasteiger partial charge in [0.15, 0.2) is 0 Å². The lowest BCUT2D eigenvalue weighted by Gasteiger charge is -2.14. The highest BCUT2D eigenvalue weighted by Crippen LogP contribution is 2.27. The van der Waals surface area contributed by atoms with Crippen molar-refractivity contribution in [2.75, 3.05) is 26.6 Å². The lowest BCUT2D eigenvalue weighted by Crippen LogP contribution is -2.23. The highest BCUT2D eigenvalue weighted by atomic mass is 16.5. The van der Waals surface area contributed by atoms with Crippen molar-refractivity contribution in [3.63, 3.8) is 0 Å². The van der Waals surface area contributed by atoms with Gasteiger partial charge in [-0.25, -0.2) is 0 Å². The van der Waals surface area contributed by atoms with Crippen LogP contribution in [0.1, 0.15) is 5.56 Å². The predicted molar refractivity (Wildman–Crippen MR) is 94.0 cm³/mol. The maximum absolute atomic E-state index is 12.4. The second-order valence-electron chi connectivity index (χ2n) is 5.28. The van der Waals surface area contributed by atoms with Crippen LogP contribution in [0.15, 0.2) is 42.5 Å². The first-order valence-electron chi connectivity index (χ1n) is 7.66. The van der Waals surface area contributed by atoms with Crippen LogP contribution in [-0.2, 0) is 11.2 Å². The fraction of sp³-hybridized carbons (Fsp3) is 0.263. The smallest absolute Gasteiger partial charge is 0.242 e. The molecule has 0 aliphatic rings. The van der Waals surface area contributed by atoms with E-state index in [-0.39, 0.29) is 12.3 Å². The van der Waals surface area contributed by atoms with Crippen LogP contribution < -0.4 is 19.5 Å². The molecule has 1 unspecified atom stereocenters. The van der Waals surface area contributed by atoms with Crippen molar-refractivity contribution in [3.8, 4) is 23.3 Å². The number of carbonyl (C=O) groups is 1. The molecule has 1 N–H and O–H groups in total. The van der Waals surface area contributed by atoms with E-state index >= 15 is 0 Å². The zero-order valence-corrected chi connectivity index (χ0v) is 14.4. The Kier molecular flexibility index (Phi) is 6.24. The van der Waals surface area contributed by atoms with Gasteiger partial charge in [0.1, 0.15) is 23.2 Å². The summed E-state index contributed by atoms with van der Waals surface area (Å²) < 4.78 is 15.6. The van der Waals surface area contributed by atoms with Gasteiger partial charge in [0.2, 0.25) is 5.91 Å². The van der Waals surface area contributed by atoms with Crippen LogP contribution in [-0.4, -0.2) is 27.2 Å². The molecule has 0 fully saturated rings. The highest BCUT2D eigenvalue weighted by Gasteiger charge is 2.21. The topological polar surface area (TPSA) is 80.6 Å². The summed E-state index contributed by atoms with van der Waals surface area (Å²) in [5.74, 6) is 0.619. The van der Waals surface area contributed by atoms with E-state index < -0.39 is 5.92 Å². The highest BCUT2D eigenvalue weighted by molar-refractivity contribution is 5.94. The number of nitriles is 1. The summed E-state index contributed by atoms with van der Waals surface area (Å²) in [6.07, 6.45) is 0.236. The summed E-state index contributed by atoms with van der Waals surface area (Å²) in [6.45, 7) is 0. The molecule has 0 spiro atoms. The van der Waals surface area contributed by atoms with Crippen molar-refractivity contribution in [1.82, 2.24) is 0 Å². The van der Waals surface area contributed by atoms with Crippen molar-refractivity contribution in [2.24, 2.45) is 5.92 Å². The Bertz CT molecular complexity index is 783. The molecular formula is C19H20N2O4. The third-order valence-corrected chi connectivity index (χ3v) is 3.73. The summed E-state index contributed by atoms with van der Waals surface area (Å²) in [5.41, 5.74) is 1.34. The van der Waals surface area contributed by atoms with E-state index in [1.165, 1.54) is 7.11 Å². The number of rotatable bonds is 7. The van der Waals surface area contributed by atoms with Crippen LogP contribution >= 0.6 is 0 Å². The number of methoxy groups -OCH3 is 3. The van der Waals surface area contributed by atoms with Crippen molar-refractivity contribution in [2.45, 2.75) is 6.42 Å². The van der Waals surface area contributed by atoms with Gasteiger partial charge in [0, 0.05) is 24.2 Å². The molecule has 6 heteroatoms. The molecule has 2 aromatic rings. The van der Waals surface area contributed by atoms with Crippen LogP contribution in [0, 0.1) is 17.2 Å². The second-order valence-corrected chi connectivity index (χ2v) is 5.28. The molecule has 25 heavy (non-hydrogen) atoms. The summed E-state index contributed by atoms with van der Waals surface area (Å²) in [7, 11) is 4.65. The number of hydrogen-bond acceptors (Lipinski definition) is 5. The van der Waals surface area contributed by atoms with Gasteiger partial charge in [-0.3, -0.25) is 4.79 Å². The monoisotopic (exact) mass is 340 g/mol. The fourth-order valence-electron chi connectivity index (χ4n) is 2.37. The third-order valence-electron chi connectivity index (χ3n) is 3.73. The van der Waals surface area contributed by atoms with Crippen molar-refractivity contribution in [3.05, 3.63) is 48.0 Å². The van der Waals surface area contributed by atoms with Crippen LogP contribution in [0.2, 0.25) is 0 Å². The first-order chi connectivity index (χ1) is 12.1. The lowest BCUT2D eigenvalue weighted by molar-refractivity contribution is -0.118. The Balaban J connectivity index is 2.14. The maximum atomic E-state index is 12.4. The molecule has 0 aromatic heterocycles. The summed E-state index contributed by atoms with van der Waals surface area (Å²) in [5, 5.41) is 12.1. The van der Waals surface area contributed by atoms with Gasteiger partial charge >= 0.3 is 0 Å². The van der Waals surface area contributed by atoms with E-state index in [1.807, 2.05) is 6.07 Å². The minimum atomic E-state index is -0.853. The molecule has 0 saturated carbocycles. The number of nitrogens with zero attached hydrogens (tertiary/aromatic N) is 1. The van der Waals surface area contributed by atoms with E-state index in [1.54, 1.807) is 56.7 Å². The van der Waals surface area contributed by atoms with E-state index in [4.69, 9.17) is 14.2 Å². The normalized spacial score (nSPS) is 11.1. The van der Waals surface area contributed by atoms with Crippen molar-refractivity contribution in [1.29, 1.82) is 5.26 Å². The molecule has 0 bridgehead atoms. The zero-order valence-electron chi connectivity index (χ0n) is 14.4. The van der Waals surface area contributed by atoms with Crippen molar-refractivity contribution < 1.29 is 19.0 Å². The number of carbonyl (C=O) groups excluding carboxylic acids is 1. The number of ether oxygens (including phenoxy) is 3. The van der Waals surface area contributed by atoms with Crippen LogP contribution in [0.5, 0.6) is 17.2 Å². The van der Waals surface area contributed by atoms with E-state index in [2.05, 4.69) is 5.32 Å². The van der Waals surface area contributed by atoms with E-state index in [0.717, 1.165) is 5.56 Å². The van der Waals surface area contributed by atoms with Gasteiger partial charge in [-0.15, -0.1) is 0 Å². The fourth-order valence-corrected chi connectivity index (χ4v) is 2.37. The molecule has 1 amide bonds. The summed E-state index contributed by atoms with van der Waals surface area (Å²) in [4.78, 5) is 12.4. The Morgan fingerprint density at radius 3 is 2.44 bits per heavy atom. The summed E-state index contributed by atoms with van der Waals surface area (Å²) >= 11 is 0. The van der Waals surface area contributed by atoms with Crippen LogP contribution in [0.3, 0.4) is 0 Å². The molecule has 0 heterocycles. The average Bonchev–Trinajstić information content (AvgIpc) is 2.66. The Morgan fingerprint density at radius 1 is 1.08 bits per heavy atom. The standard InChI is InChI=1S/C19H20N2O4/c1-23-16-6-4-5-15(10-16)21-19(22)14(12-20)9-13-7-8-17(24-2)11-18(13)25-3/h4-8,10-11,14H,9H2,1-3H3,(H,21,22). The minimum absolute atomic E-state index is 0.236. The maximum Gasteiger partial charge on any atom is 0.242 e. The molecule has 2 rings (SSSR count). The zero-order chi connectivity index (χ0) is 18.2. The van der Waals surface area contributed by atoms with Gasteiger partial charge in [-0.1, -0.05) is 12.1 Å². The number of nitrogens with one attached hydrogen (secondary N) is 1. The quantitative estimate of drug-likeness (QED) is 0.838. The number of hydrogen-bond donors (Lipinski definition) is 1. The van der Waals surface area contributed by atoms with Crippen molar-refractivity contribution >= 4 is 11.6 Å². The molecule has 2 aromatic carbocycles. The third kappa shape index (κ3) is 4.64. The molecule has 1 atom stereocenters. The lowest BCUT2D eigenvalue weighted by atomic mass is 9.98. The van der Waals surface area contributed by atoms with E-state index in [9.17, 15) is 10.1 Å². The molecule has 0 aliphatic carbocycles. The molecule has 0 aliphatic heterocycles. The Hall–Kier alpha value is -3.20. The van der Waals surface area contributed by atoms with Gasteiger partial charge in [0.05, 0.1) is 27.4 Å². The summed E-state index contributed by atoms with van der Waals surface area (Å²) in [6, 6.07) is 14.3. The molecule has 130 valence electrons. The second kappa shape index (κ2) is 8.60. The van der Waals surface area contributed by atoms with Crippen LogP contribution in [0.4, 0.5) is 5.69 Å². The predicted octanol–water partition coefficient (Wildman–Crippen LogP) is 3.03. The first kappa shape index (κ1) is 18.1. The molecular weight excluding hydrogens is 320 g/mol.